The highest BCUT2D eigenvalue weighted by Gasteiger charge is 2.37. The second-order valence-electron chi connectivity index (χ2n) is 4.51. The van der Waals surface area contributed by atoms with E-state index in [0.29, 0.717) is 0 Å². The summed E-state index contributed by atoms with van der Waals surface area (Å²) < 4.78 is 0. The van der Waals surface area contributed by atoms with Gasteiger partial charge in [0.1, 0.15) is 6.04 Å². The molecular formula is C13H16N2O2. The fourth-order valence-electron chi connectivity index (χ4n) is 2.12. The summed E-state index contributed by atoms with van der Waals surface area (Å²) >= 11 is 0. The summed E-state index contributed by atoms with van der Waals surface area (Å²) in [6.07, 6.45) is 0. The van der Waals surface area contributed by atoms with Crippen LogP contribution >= 0.6 is 0 Å². The number of carbonyl (C=O) groups excluding carboxylic acids is 2. The van der Waals surface area contributed by atoms with Crippen LogP contribution in [0, 0.1) is 5.92 Å². The molecule has 0 saturated carbocycles. The standard InChI is InChI=1S/C13H16N2O2/c1-9(2)12-13(17)14-8-11(16)15(12)10-6-4-3-5-7-10/h3-7,9,12H,8H2,1-2H3,(H,14,17). The Bertz CT molecular complexity index is 428. The van der Waals surface area contributed by atoms with Crippen molar-refractivity contribution < 1.29 is 9.59 Å². The van der Waals surface area contributed by atoms with Crippen molar-refractivity contribution in [1.82, 2.24) is 5.32 Å². The number of amides is 2. The average Bonchev–Trinajstić information content (AvgIpc) is 2.32. The Hall–Kier alpha value is -1.84. The molecule has 1 aliphatic heterocycles. The molecule has 1 heterocycles. The zero-order valence-corrected chi connectivity index (χ0v) is 10.0. The van der Waals surface area contributed by atoms with Crippen LogP contribution in [0.3, 0.4) is 0 Å². The topological polar surface area (TPSA) is 49.4 Å². The zero-order valence-electron chi connectivity index (χ0n) is 10.0. The first-order chi connectivity index (χ1) is 8.11. The lowest BCUT2D eigenvalue weighted by Crippen LogP contribution is -2.60. The maximum Gasteiger partial charge on any atom is 0.247 e. The summed E-state index contributed by atoms with van der Waals surface area (Å²) in [7, 11) is 0. The summed E-state index contributed by atoms with van der Waals surface area (Å²) in [6, 6.07) is 8.91. The largest absolute Gasteiger partial charge is 0.345 e. The van der Waals surface area contributed by atoms with Gasteiger partial charge in [-0.2, -0.15) is 0 Å². The minimum Gasteiger partial charge on any atom is -0.345 e. The predicted molar refractivity (Wildman–Crippen MR) is 65.6 cm³/mol. The normalized spacial score (nSPS) is 20.6. The SMILES string of the molecule is CC(C)C1C(=O)NCC(=O)N1c1ccccc1. The Morgan fingerprint density at radius 3 is 2.47 bits per heavy atom. The molecule has 0 spiro atoms. The second-order valence-corrected chi connectivity index (χ2v) is 4.51. The smallest absolute Gasteiger partial charge is 0.247 e. The van der Waals surface area contributed by atoms with E-state index in [1.807, 2.05) is 44.2 Å². The van der Waals surface area contributed by atoms with E-state index in [2.05, 4.69) is 5.32 Å². The van der Waals surface area contributed by atoms with Crippen molar-refractivity contribution in [3.8, 4) is 0 Å². The molecule has 4 nitrogen and oxygen atoms in total. The summed E-state index contributed by atoms with van der Waals surface area (Å²) in [4.78, 5) is 25.4. The van der Waals surface area contributed by atoms with Crippen molar-refractivity contribution in [1.29, 1.82) is 0 Å². The third kappa shape index (κ3) is 2.16. The number of anilines is 1. The van der Waals surface area contributed by atoms with Crippen LogP contribution in [-0.4, -0.2) is 24.4 Å². The molecule has 1 aliphatic rings. The lowest BCUT2D eigenvalue weighted by molar-refractivity contribution is -0.131. The average molecular weight is 232 g/mol. The van der Waals surface area contributed by atoms with Gasteiger partial charge in [0.05, 0.1) is 6.54 Å². The Kier molecular flexibility index (Phi) is 3.13. The van der Waals surface area contributed by atoms with Gasteiger partial charge in [-0.3, -0.25) is 14.5 Å². The minimum absolute atomic E-state index is 0.0606. The van der Waals surface area contributed by atoms with Gasteiger partial charge in [0.2, 0.25) is 11.8 Å². The number of para-hydroxylation sites is 1. The van der Waals surface area contributed by atoms with Gasteiger partial charge in [0.15, 0.2) is 0 Å². The molecule has 1 saturated heterocycles. The van der Waals surface area contributed by atoms with Gasteiger partial charge in [-0.1, -0.05) is 32.0 Å². The first kappa shape index (κ1) is 11.6. The van der Waals surface area contributed by atoms with Crippen molar-refractivity contribution in [3.05, 3.63) is 30.3 Å². The lowest BCUT2D eigenvalue weighted by atomic mass is 9.98. The molecule has 1 atom stereocenters. The van der Waals surface area contributed by atoms with Gasteiger partial charge < -0.3 is 5.32 Å². The maximum atomic E-state index is 12.0. The summed E-state index contributed by atoms with van der Waals surface area (Å²) in [6.45, 7) is 3.97. The van der Waals surface area contributed by atoms with Crippen LogP contribution in [0.15, 0.2) is 30.3 Å². The number of benzene rings is 1. The van der Waals surface area contributed by atoms with Crippen LogP contribution < -0.4 is 10.2 Å². The summed E-state index contributed by atoms with van der Waals surface area (Å²) in [5, 5.41) is 2.63. The molecule has 1 unspecified atom stereocenters. The highest BCUT2D eigenvalue weighted by molar-refractivity contribution is 6.06. The molecule has 1 aromatic carbocycles. The Labute approximate surface area is 101 Å². The molecule has 0 aromatic heterocycles. The lowest BCUT2D eigenvalue weighted by Gasteiger charge is -2.37. The summed E-state index contributed by atoms with van der Waals surface area (Å²) in [5.41, 5.74) is 0.783. The molecule has 2 amide bonds. The van der Waals surface area contributed by atoms with Crippen molar-refractivity contribution in [2.24, 2.45) is 5.92 Å². The number of nitrogens with zero attached hydrogens (tertiary/aromatic N) is 1. The van der Waals surface area contributed by atoms with Crippen LogP contribution in [0.2, 0.25) is 0 Å². The molecular weight excluding hydrogens is 216 g/mol. The number of piperazine rings is 1. The van der Waals surface area contributed by atoms with Crippen LogP contribution in [0.5, 0.6) is 0 Å². The molecule has 1 N–H and O–H groups in total. The van der Waals surface area contributed by atoms with E-state index >= 15 is 0 Å². The first-order valence-corrected chi connectivity index (χ1v) is 5.76. The highest BCUT2D eigenvalue weighted by Crippen LogP contribution is 2.23. The molecule has 0 bridgehead atoms. The van der Waals surface area contributed by atoms with E-state index in [0.717, 1.165) is 5.69 Å². The molecule has 90 valence electrons. The fourth-order valence-corrected chi connectivity index (χ4v) is 2.12. The maximum absolute atomic E-state index is 12.0. The van der Waals surface area contributed by atoms with E-state index in [4.69, 9.17) is 0 Å². The van der Waals surface area contributed by atoms with Crippen molar-refractivity contribution in [3.63, 3.8) is 0 Å². The van der Waals surface area contributed by atoms with Crippen LogP contribution in [0.1, 0.15) is 13.8 Å². The highest BCUT2D eigenvalue weighted by atomic mass is 16.2. The Morgan fingerprint density at radius 2 is 1.88 bits per heavy atom. The van der Waals surface area contributed by atoms with Crippen molar-refractivity contribution in [2.75, 3.05) is 11.4 Å². The Morgan fingerprint density at radius 1 is 1.24 bits per heavy atom. The number of hydrogen-bond acceptors (Lipinski definition) is 2. The van der Waals surface area contributed by atoms with E-state index in [9.17, 15) is 9.59 Å². The Balaban J connectivity index is 2.39. The van der Waals surface area contributed by atoms with E-state index in [1.54, 1.807) is 4.90 Å². The fraction of sp³-hybridized carbons (Fsp3) is 0.385. The predicted octanol–water partition coefficient (Wildman–Crippen LogP) is 1.17. The van der Waals surface area contributed by atoms with Gasteiger partial charge in [-0.25, -0.2) is 0 Å². The van der Waals surface area contributed by atoms with Crippen LogP contribution in [0.25, 0.3) is 0 Å². The first-order valence-electron chi connectivity index (χ1n) is 5.76. The molecule has 4 heteroatoms. The van der Waals surface area contributed by atoms with Gasteiger partial charge >= 0.3 is 0 Å². The molecule has 1 aromatic rings. The number of hydrogen-bond donors (Lipinski definition) is 1. The minimum atomic E-state index is -0.418. The molecule has 17 heavy (non-hydrogen) atoms. The van der Waals surface area contributed by atoms with Gasteiger partial charge in [-0.15, -0.1) is 0 Å². The van der Waals surface area contributed by atoms with Crippen molar-refractivity contribution in [2.45, 2.75) is 19.9 Å². The van der Waals surface area contributed by atoms with Crippen molar-refractivity contribution >= 4 is 17.5 Å². The van der Waals surface area contributed by atoms with E-state index in [1.165, 1.54) is 0 Å². The quantitative estimate of drug-likeness (QED) is 0.832. The molecule has 1 fully saturated rings. The van der Waals surface area contributed by atoms with E-state index in [-0.39, 0.29) is 24.3 Å². The number of nitrogens with one attached hydrogen (secondary N) is 1. The molecule has 0 aliphatic carbocycles. The van der Waals surface area contributed by atoms with E-state index < -0.39 is 6.04 Å². The molecule has 0 radical (unpaired) electrons. The van der Waals surface area contributed by atoms with Crippen LogP contribution in [-0.2, 0) is 9.59 Å². The van der Waals surface area contributed by atoms with Gasteiger partial charge in [0.25, 0.3) is 0 Å². The van der Waals surface area contributed by atoms with Crippen LogP contribution in [0.4, 0.5) is 5.69 Å². The summed E-state index contributed by atoms with van der Waals surface area (Å²) in [5.74, 6) is -0.0580. The molecule has 2 rings (SSSR count). The third-order valence-corrected chi connectivity index (χ3v) is 2.90. The zero-order chi connectivity index (χ0) is 12.4. The second kappa shape index (κ2) is 4.57. The third-order valence-electron chi connectivity index (χ3n) is 2.90. The van der Waals surface area contributed by atoms with Gasteiger partial charge in [0, 0.05) is 5.69 Å². The monoisotopic (exact) mass is 232 g/mol. The number of carbonyl (C=O) groups is 2. The van der Waals surface area contributed by atoms with Gasteiger partial charge in [-0.05, 0) is 18.1 Å². The number of rotatable bonds is 2.